The fourth-order valence-corrected chi connectivity index (χ4v) is 2.88. The molecule has 0 amide bonds. The lowest BCUT2D eigenvalue weighted by Crippen LogP contribution is -2.53. The van der Waals surface area contributed by atoms with Gasteiger partial charge < -0.3 is 9.84 Å². The maximum absolute atomic E-state index is 9.16. The number of hydrogen-bond acceptors (Lipinski definition) is 5. The van der Waals surface area contributed by atoms with Crippen LogP contribution in [0.25, 0.3) is 0 Å². The largest absolute Gasteiger partial charge is 0.396 e. The van der Waals surface area contributed by atoms with Crippen LogP contribution in [0.1, 0.15) is 54.4 Å². The van der Waals surface area contributed by atoms with Crippen molar-refractivity contribution in [1.29, 1.82) is 0 Å². The number of aliphatic hydroxyl groups is 1. The molecule has 0 fully saturated rings. The van der Waals surface area contributed by atoms with E-state index >= 15 is 0 Å². The molecule has 0 radical (unpaired) electrons. The van der Waals surface area contributed by atoms with Crippen molar-refractivity contribution in [3.05, 3.63) is 0 Å². The van der Waals surface area contributed by atoms with Crippen molar-refractivity contribution in [2.45, 2.75) is 71.6 Å². The third-order valence-corrected chi connectivity index (χ3v) is 4.29. The minimum atomic E-state index is -0.143. The van der Waals surface area contributed by atoms with Crippen molar-refractivity contribution >= 4 is 12.1 Å². The van der Waals surface area contributed by atoms with E-state index in [-0.39, 0.29) is 23.8 Å². The zero-order valence-corrected chi connectivity index (χ0v) is 13.5. The van der Waals surface area contributed by atoms with Crippen LogP contribution < -0.4 is 5.14 Å². The molecule has 0 aromatic rings. The van der Waals surface area contributed by atoms with E-state index in [1.807, 2.05) is 13.8 Å². The highest BCUT2D eigenvalue weighted by Gasteiger charge is 2.37. The van der Waals surface area contributed by atoms with E-state index in [0.717, 1.165) is 13.0 Å². The van der Waals surface area contributed by atoms with Gasteiger partial charge in [-0.1, -0.05) is 0 Å². The summed E-state index contributed by atoms with van der Waals surface area (Å²) in [7, 11) is 0. The van der Waals surface area contributed by atoms with Crippen LogP contribution in [0, 0.1) is 0 Å². The molecule has 0 spiro atoms. The Labute approximate surface area is 117 Å². The molecule has 18 heavy (non-hydrogen) atoms. The van der Waals surface area contributed by atoms with Crippen LogP contribution in [0.4, 0.5) is 0 Å². The van der Waals surface area contributed by atoms with E-state index in [0.29, 0.717) is 6.42 Å². The number of ether oxygens (including phenoxy) is 1. The lowest BCUT2D eigenvalue weighted by molar-refractivity contribution is 0.0326. The lowest BCUT2D eigenvalue weighted by atomic mass is 9.92. The van der Waals surface area contributed by atoms with E-state index in [9.17, 15) is 0 Å². The van der Waals surface area contributed by atoms with Crippen molar-refractivity contribution in [3.63, 3.8) is 0 Å². The normalized spacial score (nSPS) is 13.7. The monoisotopic (exact) mass is 278 g/mol. The van der Waals surface area contributed by atoms with Crippen LogP contribution in [0.2, 0.25) is 0 Å². The first-order valence-electron chi connectivity index (χ1n) is 6.57. The molecule has 5 heteroatoms. The Kier molecular flexibility index (Phi) is 7.78. The first kappa shape index (κ1) is 18.2. The summed E-state index contributed by atoms with van der Waals surface area (Å²) in [6.07, 6.45) is 1.86. The summed E-state index contributed by atoms with van der Waals surface area (Å²) < 4.78 is 7.79. The molecule has 0 rings (SSSR count). The van der Waals surface area contributed by atoms with Crippen molar-refractivity contribution < 1.29 is 9.84 Å². The van der Waals surface area contributed by atoms with Crippen LogP contribution in [-0.2, 0) is 4.74 Å². The summed E-state index contributed by atoms with van der Waals surface area (Å²) in [5.74, 6) is 0. The fourth-order valence-electron chi connectivity index (χ4n) is 2.13. The highest BCUT2D eigenvalue weighted by molar-refractivity contribution is 7.94. The van der Waals surface area contributed by atoms with Crippen molar-refractivity contribution in [1.82, 2.24) is 4.31 Å². The van der Waals surface area contributed by atoms with Crippen LogP contribution in [-0.4, -0.2) is 39.8 Å². The second-order valence-electron chi connectivity index (χ2n) is 6.17. The standard InChI is InChI=1S/C13H30N2O2S/c1-11(2)17-10-8-13(5,6)15(18-14)12(3,4)7-9-16/h11,16H,7-10,14H2,1-6H3. The predicted octanol–water partition coefficient (Wildman–Crippen LogP) is 2.57. The molecule has 3 N–H and O–H groups in total. The smallest absolute Gasteiger partial charge is 0.0518 e. The lowest BCUT2D eigenvalue weighted by Gasteiger charge is -2.46. The second kappa shape index (κ2) is 7.70. The molecule has 0 unspecified atom stereocenters. The van der Waals surface area contributed by atoms with Crippen LogP contribution in [0.15, 0.2) is 0 Å². The van der Waals surface area contributed by atoms with Gasteiger partial charge in [0.2, 0.25) is 0 Å². The maximum atomic E-state index is 9.16. The van der Waals surface area contributed by atoms with Crippen molar-refractivity contribution in [2.24, 2.45) is 5.14 Å². The molecule has 0 bridgehead atoms. The summed E-state index contributed by atoms with van der Waals surface area (Å²) in [4.78, 5) is 0. The Bertz CT molecular complexity index is 233. The number of nitrogens with two attached hydrogens (primary N) is 1. The predicted molar refractivity (Wildman–Crippen MR) is 79.2 cm³/mol. The Morgan fingerprint density at radius 3 is 2.06 bits per heavy atom. The zero-order chi connectivity index (χ0) is 14.4. The molecule has 0 aromatic carbocycles. The Hall–Kier alpha value is 0.190. The average Bonchev–Trinajstić information content (AvgIpc) is 2.15. The van der Waals surface area contributed by atoms with Gasteiger partial charge in [-0.15, -0.1) is 0 Å². The highest BCUT2D eigenvalue weighted by atomic mass is 32.2. The van der Waals surface area contributed by atoms with E-state index in [1.165, 1.54) is 12.1 Å². The minimum absolute atomic E-state index is 0.0764. The van der Waals surface area contributed by atoms with Crippen LogP contribution in [0.3, 0.4) is 0 Å². The van der Waals surface area contributed by atoms with Gasteiger partial charge in [-0.3, -0.25) is 5.14 Å². The summed E-state index contributed by atoms with van der Waals surface area (Å²) >= 11 is 1.25. The first-order valence-corrected chi connectivity index (χ1v) is 7.40. The number of nitrogens with zero attached hydrogens (tertiary/aromatic N) is 1. The molecule has 0 aliphatic heterocycles. The Morgan fingerprint density at radius 2 is 1.67 bits per heavy atom. The van der Waals surface area contributed by atoms with Gasteiger partial charge in [0, 0.05) is 36.4 Å². The highest BCUT2D eigenvalue weighted by Crippen LogP contribution is 2.34. The zero-order valence-electron chi connectivity index (χ0n) is 12.7. The second-order valence-corrected chi connectivity index (χ2v) is 6.74. The van der Waals surface area contributed by atoms with E-state index in [2.05, 4.69) is 32.0 Å². The van der Waals surface area contributed by atoms with Gasteiger partial charge in [0.25, 0.3) is 0 Å². The number of aliphatic hydroxyl groups excluding tert-OH is 1. The minimum Gasteiger partial charge on any atom is -0.396 e. The maximum Gasteiger partial charge on any atom is 0.0518 e. The molecule has 4 nitrogen and oxygen atoms in total. The van der Waals surface area contributed by atoms with Gasteiger partial charge in [0.05, 0.1) is 6.10 Å². The van der Waals surface area contributed by atoms with Gasteiger partial charge in [-0.25, -0.2) is 4.31 Å². The third kappa shape index (κ3) is 5.89. The number of rotatable bonds is 9. The summed E-state index contributed by atoms with van der Waals surface area (Å²) in [6.45, 7) is 13.5. The molecule has 0 aliphatic rings. The third-order valence-electron chi connectivity index (χ3n) is 3.09. The van der Waals surface area contributed by atoms with E-state index in [1.54, 1.807) is 0 Å². The van der Waals surface area contributed by atoms with Crippen molar-refractivity contribution in [2.75, 3.05) is 13.2 Å². The van der Waals surface area contributed by atoms with Crippen LogP contribution >= 0.6 is 12.1 Å². The molecule has 0 saturated heterocycles. The molecular formula is C13H30N2O2S. The molecular weight excluding hydrogens is 248 g/mol. The Balaban J connectivity index is 4.60. The molecule has 0 aliphatic carbocycles. The van der Waals surface area contributed by atoms with E-state index in [4.69, 9.17) is 15.0 Å². The number of hydrogen-bond donors (Lipinski definition) is 2. The van der Waals surface area contributed by atoms with Crippen molar-refractivity contribution in [3.8, 4) is 0 Å². The van der Waals surface area contributed by atoms with Gasteiger partial charge in [0.1, 0.15) is 0 Å². The average molecular weight is 278 g/mol. The first-order chi connectivity index (χ1) is 8.17. The van der Waals surface area contributed by atoms with Gasteiger partial charge in [-0.2, -0.15) is 0 Å². The Morgan fingerprint density at radius 1 is 1.17 bits per heavy atom. The SMILES string of the molecule is CC(C)OCCC(C)(C)N(SN)C(C)(C)CCO. The van der Waals surface area contributed by atoms with Gasteiger partial charge >= 0.3 is 0 Å². The molecule has 0 aromatic heterocycles. The summed E-state index contributed by atoms with van der Waals surface area (Å²) in [5.41, 5.74) is -0.220. The molecule has 110 valence electrons. The van der Waals surface area contributed by atoms with Crippen LogP contribution in [0.5, 0.6) is 0 Å². The summed E-state index contributed by atoms with van der Waals surface area (Å²) in [5, 5.41) is 15.0. The van der Waals surface area contributed by atoms with Gasteiger partial charge in [-0.05, 0) is 54.4 Å². The quantitative estimate of drug-likeness (QED) is 0.635. The molecule has 0 saturated carbocycles. The summed E-state index contributed by atoms with van der Waals surface area (Å²) in [6, 6.07) is 0. The molecule has 0 atom stereocenters. The fraction of sp³-hybridized carbons (Fsp3) is 1.00. The molecule has 0 heterocycles. The van der Waals surface area contributed by atoms with E-state index < -0.39 is 0 Å². The van der Waals surface area contributed by atoms with Gasteiger partial charge in [0.15, 0.2) is 0 Å². The topological polar surface area (TPSA) is 58.7 Å².